The minimum Gasteiger partial charge on any atom is -0.356 e. The molecule has 2 heterocycles. The second kappa shape index (κ2) is 5.43. The Bertz CT molecular complexity index is 385. The van der Waals surface area contributed by atoms with E-state index in [0.717, 1.165) is 24.6 Å². The average molecular weight is 268 g/mol. The minimum absolute atomic E-state index is 0.354. The molecule has 0 bridgehead atoms. The average Bonchev–Trinajstić information content (AvgIpc) is 2.38. The number of rotatable bonds is 3. The van der Waals surface area contributed by atoms with Crippen LogP contribution >= 0.6 is 11.6 Å². The zero-order valence-corrected chi connectivity index (χ0v) is 12.3. The predicted octanol–water partition coefficient (Wildman–Crippen LogP) is 3.85. The first kappa shape index (κ1) is 13.6. The molecule has 0 saturated carbocycles. The van der Waals surface area contributed by atoms with E-state index in [4.69, 9.17) is 11.6 Å². The first-order chi connectivity index (χ1) is 8.58. The van der Waals surface area contributed by atoms with Crippen LogP contribution in [0.3, 0.4) is 0 Å². The molecule has 0 amide bonds. The lowest BCUT2D eigenvalue weighted by atomic mass is 9.74. The van der Waals surface area contributed by atoms with Gasteiger partial charge in [0.25, 0.3) is 0 Å². The van der Waals surface area contributed by atoms with Crippen LogP contribution < -0.4 is 4.90 Å². The molecule has 1 aliphatic rings. The van der Waals surface area contributed by atoms with Gasteiger partial charge in [-0.05, 0) is 36.8 Å². The molecule has 3 nitrogen and oxygen atoms in total. The number of hydrogen-bond acceptors (Lipinski definition) is 3. The van der Waals surface area contributed by atoms with E-state index in [-0.39, 0.29) is 0 Å². The van der Waals surface area contributed by atoms with E-state index >= 15 is 0 Å². The maximum absolute atomic E-state index is 5.93. The molecule has 1 fully saturated rings. The van der Waals surface area contributed by atoms with E-state index in [2.05, 4.69) is 28.7 Å². The third kappa shape index (κ3) is 2.77. The van der Waals surface area contributed by atoms with Gasteiger partial charge >= 0.3 is 0 Å². The Morgan fingerprint density at radius 3 is 2.33 bits per heavy atom. The van der Waals surface area contributed by atoms with Gasteiger partial charge in [-0.1, -0.05) is 26.7 Å². The molecule has 0 atom stereocenters. The van der Waals surface area contributed by atoms with Crippen LogP contribution in [0, 0.1) is 12.3 Å². The van der Waals surface area contributed by atoms with Crippen molar-refractivity contribution in [3.8, 4) is 0 Å². The van der Waals surface area contributed by atoms with Gasteiger partial charge in [0, 0.05) is 24.8 Å². The summed E-state index contributed by atoms with van der Waals surface area (Å²) in [5, 5.41) is 0.354. The molecule has 100 valence electrons. The summed E-state index contributed by atoms with van der Waals surface area (Å²) < 4.78 is 0. The summed E-state index contributed by atoms with van der Waals surface area (Å²) in [6, 6.07) is 2.02. The van der Waals surface area contributed by atoms with Gasteiger partial charge in [0.1, 0.15) is 5.82 Å². The quantitative estimate of drug-likeness (QED) is 0.779. The van der Waals surface area contributed by atoms with Crippen molar-refractivity contribution < 1.29 is 0 Å². The van der Waals surface area contributed by atoms with Crippen LogP contribution in [-0.4, -0.2) is 23.1 Å². The lowest BCUT2D eigenvalue weighted by Gasteiger charge is -2.41. The van der Waals surface area contributed by atoms with Crippen molar-refractivity contribution >= 4 is 17.4 Å². The molecule has 0 N–H and O–H groups in total. The van der Waals surface area contributed by atoms with E-state index in [0.29, 0.717) is 10.7 Å². The Morgan fingerprint density at radius 2 is 1.83 bits per heavy atom. The second-order valence-corrected chi connectivity index (χ2v) is 5.67. The van der Waals surface area contributed by atoms with Gasteiger partial charge < -0.3 is 4.90 Å². The number of nitrogens with zero attached hydrogens (tertiary/aromatic N) is 3. The normalized spacial score (nSPS) is 19.0. The fraction of sp³-hybridized carbons (Fsp3) is 0.714. The van der Waals surface area contributed by atoms with Crippen molar-refractivity contribution in [2.45, 2.75) is 46.5 Å². The largest absolute Gasteiger partial charge is 0.356 e. The molecule has 0 unspecified atom stereocenters. The Labute approximate surface area is 115 Å². The molecular formula is C14H22ClN3. The van der Waals surface area contributed by atoms with E-state index < -0.39 is 0 Å². The standard InChI is InChI=1S/C14H22ClN3/c1-4-14(5-2)6-8-18(9-7-14)12-10-11(3)16-13(15)17-12/h10H,4-9H2,1-3H3. The Hall–Kier alpha value is -0.830. The summed E-state index contributed by atoms with van der Waals surface area (Å²) >= 11 is 5.93. The topological polar surface area (TPSA) is 29.0 Å². The number of halogens is 1. The summed E-state index contributed by atoms with van der Waals surface area (Å²) in [6.07, 6.45) is 5.06. The monoisotopic (exact) mass is 267 g/mol. The third-order valence-electron chi connectivity index (χ3n) is 4.46. The summed E-state index contributed by atoms with van der Waals surface area (Å²) in [6.45, 7) is 8.74. The zero-order chi connectivity index (χ0) is 13.2. The summed E-state index contributed by atoms with van der Waals surface area (Å²) in [7, 11) is 0. The number of anilines is 1. The maximum Gasteiger partial charge on any atom is 0.224 e. The van der Waals surface area contributed by atoms with Crippen molar-refractivity contribution in [3.05, 3.63) is 17.0 Å². The zero-order valence-electron chi connectivity index (χ0n) is 11.5. The van der Waals surface area contributed by atoms with Crippen LogP contribution in [0.25, 0.3) is 0 Å². The van der Waals surface area contributed by atoms with Crippen LogP contribution in [0.2, 0.25) is 5.28 Å². The van der Waals surface area contributed by atoms with Gasteiger partial charge in [-0.15, -0.1) is 0 Å². The Balaban J connectivity index is 2.09. The van der Waals surface area contributed by atoms with E-state index in [1.54, 1.807) is 0 Å². The highest BCUT2D eigenvalue weighted by Crippen LogP contribution is 2.38. The van der Waals surface area contributed by atoms with Crippen molar-refractivity contribution in [1.29, 1.82) is 0 Å². The number of piperidine rings is 1. The van der Waals surface area contributed by atoms with Crippen LogP contribution in [0.15, 0.2) is 6.07 Å². The number of aromatic nitrogens is 2. The molecule has 4 heteroatoms. The van der Waals surface area contributed by atoms with Gasteiger partial charge in [0.2, 0.25) is 5.28 Å². The molecule has 18 heavy (non-hydrogen) atoms. The molecule has 1 aromatic heterocycles. The van der Waals surface area contributed by atoms with Gasteiger partial charge in [-0.3, -0.25) is 0 Å². The summed E-state index contributed by atoms with van der Waals surface area (Å²) in [4.78, 5) is 10.8. The fourth-order valence-electron chi connectivity index (χ4n) is 2.85. The van der Waals surface area contributed by atoms with Crippen molar-refractivity contribution in [2.24, 2.45) is 5.41 Å². The van der Waals surface area contributed by atoms with Crippen LogP contribution in [0.4, 0.5) is 5.82 Å². The van der Waals surface area contributed by atoms with E-state index in [1.165, 1.54) is 25.7 Å². The molecule has 0 aliphatic carbocycles. The molecule has 1 saturated heterocycles. The van der Waals surface area contributed by atoms with Crippen molar-refractivity contribution in [2.75, 3.05) is 18.0 Å². The van der Waals surface area contributed by atoms with Crippen molar-refractivity contribution in [3.63, 3.8) is 0 Å². The maximum atomic E-state index is 5.93. The predicted molar refractivity (Wildman–Crippen MR) is 76.2 cm³/mol. The van der Waals surface area contributed by atoms with Crippen LogP contribution in [0.5, 0.6) is 0 Å². The first-order valence-corrected chi connectivity index (χ1v) is 7.22. The Morgan fingerprint density at radius 1 is 1.22 bits per heavy atom. The molecule has 1 aliphatic heterocycles. The van der Waals surface area contributed by atoms with Gasteiger partial charge in [0.05, 0.1) is 0 Å². The molecule has 1 aromatic rings. The smallest absolute Gasteiger partial charge is 0.224 e. The minimum atomic E-state index is 0.354. The van der Waals surface area contributed by atoms with E-state index in [1.807, 2.05) is 13.0 Å². The second-order valence-electron chi connectivity index (χ2n) is 5.33. The lowest BCUT2D eigenvalue weighted by Crippen LogP contribution is -2.40. The molecular weight excluding hydrogens is 246 g/mol. The van der Waals surface area contributed by atoms with Crippen molar-refractivity contribution in [1.82, 2.24) is 9.97 Å². The fourth-order valence-corrected chi connectivity index (χ4v) is 3.07. The highest BCUT2D eigenvalue weighted by atomic mass is 35.5. The van der Waals surface area contributed by atoms with Gasteiger partial charge in [0.15, 0.2) is 0 Å². The molecule has 0 radical (unpaired) electrons. The van der Waals surface area contributed by atoms with Crippen LogP contribution in [-0.2, 0) is 0 Å². The van der Waals surface area contributed by atoms with Crippen LogP contribution in [0.1, 0.15) is 45.2 Å². The Kier molecular flexibility index (Phi) is 4.10. The SMILES string of the molecule is CCC1(CC)CCN(c2cc(C)nc(Cl)n2)CC1. The van der Waals surface area contributed by atoms with E-state index in [9.17, 15) is 0 Å². The lowest BCUT2D eigenvalue weighted by molar-refractivity contribution is 0.199. The third-order valence-corrected chi connectivity index (χ3v) is 4.63. The summed E-state index contributed by atoms with van der Waals surface area (Å²) in [5.41, 5.74) is 1.48. The molecule has 0 aromatic carbocycles. The van der Waals surface area contributed by atoms with Gasteiger partial charge in [-0.2, -0.15) is 0 Å². The highest BCUT2D eigenvalue weighted by Gasteiger charge is 2.31. The first-order valence-electron chi connectivity index (χ1n) is 6.85. The number of aryl methyl sites for hydroxylation is 1. The summed E-state index contributed by atoms with van der Waals surface area (Å²) in [5.74, 6) is 0.980. The molecule has 2 rings (SSSR count). The number of hydrogen-bond donors (Lipinski definition) is 0. The highest BCUT2D eigenvalue weighted by molar-refractivity contribution is 6.28. The van der Waals surface area contributed by atoms with Gasteiger partial charge in [-0.25, -0.2) is 9.97 Å². The molecule has 0 spiro atoms.